The third kappa shape index (κ3) is 4.97. The zero-order valence-corrected chi connectivity index (χ0v) is 18.1. The van der Waals surface area contributed by atoms with E-state index in [2.05, 4.69) is 16.3 Å². The molecule has 0 radical (unpaired) electrons. The van der Waals surface area contributed by atoms with Gasteiger partial charge in [-0.1, -0.05) is 6.08 Å². The molecule has 2 aliphatic rings. The molecule has 2 heterocycles. The number of carbonyl (C=O) groups is 2. The molecular formula is C25H28N2O4. The second-order valence-electron chi connectivity index (χ2n) is 7.97. The van der Waals surface area contributed by atoms with E-state index in [-0.39, 0.29) is 11.7 Å². The van der Waals surface area contributed by atoms with Crippen LogP contribution < -0.4 is 14.8 Å². The van der Waals surface area contributed by atoms with E-state index in [1.807, 2.05) is 36.4 Å². The van der Waals surface area contributed by atoms with E-state index in [1.165, 1.54) is 5.57 Å². The molecule has 2 aromatic carbocycles. The average molecular weight is 421 g/mol. The van der Waals surface area contributed by atoms with Gasteiger partial charge < -0.3 is 14.8 Å². The van der Waals surface area contributed by atoms with Gasteiger partial charge in [-0.25, -0.2) is 0 Å². The first kappa shape index (κ1) is 21.1. The van der Waals surface area contributed by atoms with Crippen LogP contribution in [0.2, 0.25) is 0 Å². The maximum absolute atomic E-state index is 12.7. The molecule has 0 fully saturated rings. The predicted molar refractivity (Wildman–Crippen MR) is 121 cm³/mol. The number of fused-ring (bicyclic) bond motifs is 1. The molecule has 0 bridgehead atoms. The van der Waals surface area contributed by atoms with Gasteiger partial charge in [0.2, 0.25) is 5.91 Å². The molecule has 1 N–H and O–H groups in total. The Bertz CT molecular complexity index is 1010. The fraction of sp³-hybridized carbons (Fsp3) is 0.360. The minimum Gasteiger partial charge on any atom is -0.497 e. The second-order valence-corrected chi connectivity index (χ2v) is 7.97. The number of nitrogens with zero attached hydrogens (tertiary/aromatic N) is 1. The number of Topliss-reactive ketones (excluding diaryl/α,β-unsaturated/α-hetero) is 1. The summed E-state index contributed by atoms with van der Waals surface area (Å²) in [5.74, 6) is 1.75. The van der Waals surface area contributed by atoms with Crippen LogP contribution >= 0.6 is 0 Å². The summed E-state index contributed by atoms with van der Waals surface area (Å²) in [5.41, 5.74) is 5.00. The molecule has 0 aromatic heterocycles. The van der Waals surface area contributed by atoms with Crippen molar-refractivity contribution in [1.82, 2.24) is 4.90 Å². The van der Waals surface area contributed by atoms with E-state index in [1.54, 1.807) is 14.2 Å². The number of rotatable bonds is 7. The third-order valence-electron chi connectivity index (χ3n) is 5.99. The van der Waals surface area contributed by atoms with Gasteiger partial charge in [-0.2, -0.15) is 0 Å². The number of carbonyl (C=O) groups excluding carboxylic acids is 2. The van der Waals surface area contributed by atoms with Crippen molar-refractivity contribution in [2.24, 2.45) is 0 Å². The average Bonchev–Trinajstić information content (AvgIpc) is 2.82. The lowest BCUT2D eigenvalue weighted by molar-refractivity contribution is -0.116. The summed E-state index contributed by atoms with van der Waals surface area (Å²) in [6, 6.07) is 11.5. The number of nitrogens with one attached hydrogen (secondary N) is 1. The quantitative estimate of drug-likeness (QED) is 0.687. The molecule has 4 rings (SSSR count). The Hall–Kier alpha value is -3.12. The summed E-state index contributed by atoms with van der Waals surface area (Å²) in [5, 5.41) is 2.86. The van der Waals surface area contributed by atoms with Gasteiger partial charge in [-0.3, -0.25) is 14.5 Å². The van der Waals surface area contributed by atoms with Gasteiger partial charge in [0.05, 0.1) is 14.2 Å². The summed E-state index contributed by atoms with van der Waals surface area (Å²) in [6.07, 6.45) is 4.80. The summed E-state index contributed by atoms with van der Waals surface area (Å²) in [6.45, 7) is 2.46. The van der Waals surface area contributed by atoms with Gasteiger partial charge in [0.15, 0.2) is 5.78 Å². The smallest absolute Gasteiger partial charge is 0.224 e. The number of ether oxygens (including phenoxy) is 2. The van der Waals surface area contributed by atoms with Crippen molar-refractivity contribution in [3.8, 4) is 11.5 Å². The van der Waals surface area contributed by atoms with Gasteiger partial charge in [0, 0.05) is 49.8 Å². The third-order valence-corrected chi connectivity index (χ3v) is 5.99. The number of hydrogen-bond donors (Lipinski definition) is 1. The van der Waals surface area contributed by atoms with Gasteiger partial charge in [0.25, 0.3) is 0 Å². The molecule has 2 aromatic rings. The van der Waals surface area contributed by atoms with E-state index in [4.69, 9.17) is 9.47 Å². The number of methoxy groups -OCH3 is 2. The maximum atomic E-state index is 12.7. The van der Waals surface area contributed by atoms with Crippen LogP contribution in [-0.4, -0.2) is 50.4 Å². The Kier molecular flexibility index (Phi) is 6.37. The lowest BCUT2D eigenvalue weighted by Gasteiger charge is -2.26. The number of amides is 1. The molecule has 0 saturated heterocycles. The molecular weight excluding hydrogens is 392 g/mol. The molecule has 0 aliphatic carbocycles. The highest BCUT2D eigenvalue weighted by Gasteiger charge is 2.18. The summed E-state index contributed by atoms with van der Waals surface area (Å²) >= 11 is 0. The monoisotopic (exact) mass is 420 g/mol. The fourth-order valence-corrected chi connectivity index (χ4v) is 4.13. The van der Waals surface area contributed by atoms with Crippen molar-refractivity contribution < 1.29 is 19.1 Å². The second kappa shape index (κ2) is 9.35. The molecule has 0 spiro atoms. The Morgan fingerprint density at radius 2 is 1.81 bits per heavy atom. The Morgan fingerprint density at radius 3 is 2.48 bits per heavy atom. The van der Waals surface area contributed by atoms with Gasteiger partial charge >= 0.3 is 0 Å². The van der Waals surface area contributed by atoms with Crippen LogP contribution in [0.5, 0.6) is 11.5 Å². The van der Waals surface area contributed by atoms with Crippen LogP contribution in [-0.2, 0) is 11.2 Å². The molecule has 0 unspecified atom stereocenters. The van der Waals surface area contributed by atoms with Crippen molar-refractivity contribution in [1.29, 1.82) is 0 Å². The first-order chi connectivity index (χ1) is 15.1. The minimum atomic E-state index is 0.0384. The van der Waals surface area contributed by atoms with E-state index in [0.717, 1.165) is 59.9 Å². The Labute approximate surface area is 182 Å². The highest BCUT2D eigenvalue weighted by Crippen LogP contribution is 2.30. The lowest BCUT2D eigenvalue weighted by Crippen LogP contribution is -2.30. The van der Waals surface area contributed by atoms with E-state index >= 15 is 0 Å². The van der Waals surface area contributed by atoms with Crippen LogP contribution in [0.1, 0.15) is 40.7 Å². The highest BCUT2D eigenvalue weighted by atomic mass is 16.5. The van der Waals surface area contributed by atoms with Gasteiger partial charge in [0.1, 0.15) is 11.5 Å². The topological polar surface area (TPSA) is 67.9 Å². The zero-order valence-electron chi connectivity index (χ0n) is 18.1. The molecule has 6 nitrogen and oxygen atoms in total. The largest absolute Gasteiger partial charge is 0.497 e. The lowest BCUT2D eigenvalue weighted by atomic mass is 9.97. The number of ketones is 1. The molecule has 31 heavy (non-hydrogen) atoms. The highest BCUT2D eigenvalue weighted by molar-refractivity contribution is 5.99. The van der Waals surface area contributed by atoms with Crippen molar-refractivity contribution in [2.45, 2.75) is 25.7 Å². The van der Waals surface area contributed by atoms with Crippen molar-refractivity contribution in [2.75, 3.05) is 39.2 Å². The van der Waals surface area contributed by atoms with Crippen LogP contribution in [0.15, 0.2) is 42.5 Å². The van der Waals surface area contributed by atoms with E-state index < -0.39 is 0 Å². The first-order valence-electron chi connectivity index (χ1n) is 10.7. The van der Waals surface area contributed by atoms with Crippen molar-refractivity contribution >= 4 is 23.0 Å². The molecule has 1 amide bonds. The minimum absolute atomic E-state index is 0.0384. The molecule has 0 saturated carbocycles. The van der Waals surface area contributed by atoms with Crippen molar-refractivity contribution in [3.63, 3.8) is 0 Å². The van der Waals surface area contributed by atoms with Crippen LogP contribution in [0.25, 0.3) is 5.57 Å². The molecule has 6 heteroatoms. The molecule has 0 atom stereocenters. The van der Waals surface area contributed by atoms with Gasteiger partial charge in [-0.15, -0.1) is 0 Å². The number of aryl methyl sites for hydroxylation is 1. The molecule has 2 aliphatic heterocycles. The van der Waals surface area contributed by atoms with Crippen molar-refractivity contribution in [3.05, 3.63) is 59.2 Å². The van der Waals surface area contributed by atoms with Crippen LogP contribution in [0.4, 0.5) is 5.69 Å². The number of hydrogen-bond acceptors (Lipinski definition) is 5. The Morgan fingerprint density at radius 1 is 1.03 bits per heavy atom. The summed E-state index contributed by atoms with van der Waals surface area (Å²) in [7, 11) is 3.32. The SMILES string of the molecule is COc1cc(OC)cc(C2=CCN(CCC(=O)c3ccc4c(c3)CCC(=O)N4)CC2)c1. The summed E-state index contributed by atoms with van der Waals surface area (Å²) < 4.78 is 10.8. The van der Waals surface area contributed by atoms with E-state index in [0.29, 0.717) is 19.3 Å². The molecule has 162 valence electrons. The first-order valence-corrected chi connectivity index (χ1v) is 10.7. The van der Waals surface area contributed by atoms with E-state index in [9.17, 15) is 9.59 Å². The predicted octanol–water partition coefficient (Wildman–Crippen LogP) is 3.95. The zero-order chi connectivity index (χ0) is 21.8. The summed E-state index contributed by atoms with van der Waals surface area (Å²) in [4.78, 5) is 26.5. The normalized spacial score (nSPS) is 16.2. The maximum Gasteiger partial charge on any atom is 0.224 e. The number of anilines is 1. The number of benzene rings is 2. The standard InChI is InChI=1S/C25H28N2O4/c1-30-21-14-20(15-22(16-21)31-2)17-7-10-27(11-8-17)12-9-24(28)19-3-5-23-18(13-19)4-6-25(29)26-23/h3,5,7,13-16H,4,6,8-12H2,1-2H3,(H,26,29). The fourth-order valence-electron chi connectivity index (χ4n) is 4.13. The van der Waals surface area contributed by atoms with Crippen LogP contribution in [0, 0.1) is 0 Å². The Balaban J connectivity index is 1.34. The van der Waals surface area contributed by atoms with Gasteiger partial charge in [-0.05, 0) is 59.9 Å². The van der Waals surface area contributed by atoms with Crippen LogP contribution in [0.3, 0.4) is 0 Å².